The van der Waals surface area contributed by atoms with Gasteiger partial charge in [-0.1, -0.05) is 6.07 Å². The van der Waals surface area contributed by atoms with Crippen LogP contribution >= 0.6 is 22.6 Å². The van der Waals surface area contributed by atoms with Crippen molar-refractivity contribution in [3.63, 3.8) is 0 Å². The summed E-state index contributed by atoms with van der Waals surface area (Å²) in [4.78, 5) is 11.5. The Balaban J connectivity index is 2.68. The van der Waals surface area contributed by atoms with Crippen molar-refractivity contribution in [1.82, 2.24) is 0 Å². The first-order chi connectivity index (χ1) is 8.15. The molecule has 0 amide bonds. The van der Waals surface area contributed by atoms with E-state index in [1.54, 1.807) is 18.2 Å². The summed E-state index contributed by atoms with van der Waals surface area (Å²) in [5.41, 5.74) is 1.13. The predicted octanol–water partition coefficient (Wildman–Crippen LogP) is 3.10. The first-order valence-electron chi connectivity index (χ1n) is 4.87. The van der Waals surface area contributed by atoms with Crippen molar-refractivity contribution in [3.8, 4) is 6.07 Å². The molecule has 0 spiro atoms. The molecule has 0 radical (unpaired) electrons. The lowest BCUT2D eigenvalue weighted by atomic mass is 10.0. The molecule has 84 valence electrons. The number of carbonyl (C=O) groups excluding carboxylic acids is 1. The van der Waals surface area contributed by atoms with Crippen LogP contribution in [0, 0.1) is 14.9 Å². The van der Waals surface area contributed by atoms with Crippen molar-refractivity contribution >= 4 is 39.3 Å². The molecule has 0 aromatic heterocycles. The van der Waals surface area contributed by atoms with Crippen molar-refractivity contribution in [2.75, 3.05) is 7.11 Å². The molecule has 0 atom stereocenters. The third-order valence-corrected chi connectivity index (χ3v) is 3.35. The maximum atomic E-state index is 11.5. The highest BCUT2D eigenvalue weighted by molar-refractivity contribution is 14.1. The van der Waals surface area contributed by atoms with Gasteiger partial charge in [0.15, 0.2) is 0 Å². The Hall–Kier alpha value is -1.61. The van der Waals surface area contributed by atoms with Gasteiger partial charge in [-0.05, 0) is 57.6 Å². The van der Waals surface area contributed by atoms with Crippen LogP contribution in [-0.2, 0) is 4.74 Å². The van der Waals surface area contributed by atoms with Crippen LogP contribution < -0.4 is 0 Å². The molecule has 0 unspecified atom stereocenters. The van der Waals surface area contributed by atoms with Crippen LogP contribution in [0.15, 0.2) is 30.3 Å². The normalized spacial score (nSPS) is 9.94. The molecular weight excluding hydrogens is 329 g/mol. The van der Waals surface area contributed by atoms with Gasteiger partial charge in [0, 0.05) is 3.57 Å². The van der Waals surface area contributed by atoms with Crippen LogP contribution in [0.1, 0.15) is 15.9 Å². The molecule has 0 saturated heterocycles. The van der Waals surface area contributed by atoms with Gasteiger partial charge >= 0.3 is 5.97 Å². The van der Waals surface area contributed by atoms with Crippen LogP contribution in [0.25, 0.3) is 10.8 Å². The molecule has 0 N–H and O–H groups in total. The number of benzene rings is 2. The van der Waals surface area contributed by atoms with Crippen molar-refractivity contribution in [3.05, 3.63) is 45.0 Å². The van der Waals surface area contributed by atoms with E-state index >= 15 is 0 Å². The Morgan fingerprint density at radius 3 is 2.76 bits per heavy atom. The molecule has 2 rings (SSSR count). The minimum absolute atomic E-state index is 0.353. The molecule has 2 aromatic rings. The number of methoxy groups -OCH3 is 1. The second kappa shape index (κ2) is 4.72. The number of halogens is 1. The average Bonchev–Trinajstić information content (AvgIpc) is 2.37. The zero-order chi connectivity index (χ0) is 12.4. The Bertz CT molecular complexity index is 644. The summed E-state index contributed by atoms with van der Waals surface area (Å²) in [6.07, 6.45) is 0. The zero-order valence-electron chi connectivity index (χ0n) is 9.03. The highest BCUT2D eigenvalue weighted by Gasteiger charge is 2.09. The van der Waals surface area contributed by atoms with E-state index in [9.17, 15) is 4.79 Å². The quantitative estimate of drug-likeness (QED) is 0.594. The number of hydrogen-bond acceptors (Lipinski definition) is 3. The number of nitriles is 1. The zero-order valence-corrected chi connectivity index (χ0v) is 11.2. The number of rotatable bonds is 1. The number of fused-ring (bicyclic) bond motifs is 1. The standard InChI is InChI=1S/C13H8INO2/c1-17-13(16)10-5-9-3-2-8(7-15)4-11(9)12(14)6-10/h2-6H,1H3. The van der Waals surface area contributed by atoms with Gasteiger partial charge in [-0.2, -0.15) is 5.26 Å². The van der Waals surface area contributed by atoms with Crippen LogP contribution in [0.4, 0.5) is 0 Å². The number of carbonyl (C=O) groups is 1. The van der Waals surface area contributed by atoms with Gasteiger partial charge in [-0.25, -0.2) is 4.79 Å². The Labute approximate surface area is 112 Å². The number of nitrogens with zero attached hydrogens (tertiary/aromatic N) is 1. The van der Waals surface area contributed by atoms with Gasteiger partial charge in [-0.3, -0.25) is 0 Å². The smallest absolute Gasteiger partial charge is 0.337 e. The van der Waals surface area contributed by atoms with Gasteiger partial charge in [0.05, 0.1) is 24.3 Å². The topological polar surface area (TPSA) is 50.1 Å². The third kappa shape index (κ3) is 2.24. The van der Waals surface area contributed by atoms with Crippen molar-refractivity contribution in [2.45, 2.75) is 0 Å². The van der Waals surface area contributed by atoms with Gasteiger partial charge < -0.3 is 4.74 Å². The summed E-state index contributed by atoms with van der Waals surface area (Å²) in [7, 11) is 1.36. The van der Waals surface area contributed by atoms with E-state index in [0.717, 1.165) is 14.3 Å². The minimum Gasteiger partial charge on any atom is -0.465 e. The van der Waals surface area contributed by atoms with Crippen LogP contribution in [0.5, 0.6) is 0 Å². The molecule has 0 aliphatic carbocycles. The van der Waals surface area contributed by atoms with Crippen molar-refractivity contribution < 1.29 is 9.53 Å². The molecule has 0 aliphatic rings. The fraction of sp³-hybridized carbons (Fsp3) is 0.0769. The molecule has 0 fully saturated rings. The van der Waals surface area contributed by atoms with Crippen LogP contribution in [0.2, 0.25) is 0 Å². The number of hydrogen-bond donors (Lipinski definition) is 0. The largest absolute Gasteiger partial charge is 0.465 e. The van der Waals surface area contributed by atoms with Gasteiger partial charge in [0.25, 0.3) is 0 Å². The van der Waals surface area contributed by atoms with E-state index in [2.05, 4.69) is 28.7 Å². The monoisotopic (exact) mass is 337 g/mol. The lowest BCUT2D eigenvalue weighted by Gasteiger charge is -2.05. The summed E-state index contributed by atoms with van der Waals surface area (Å²) in [6.45, 7) is 0. The van der Waals surface area contributed by atoms with E-state index in [0.29, 0.717) is 11.1 Å². The average molecular weight is 337 g/mol. The Morgan fingerprint density at radius 1 is 1.35 bits per heavy atom. The molecule has 17 heavy (non-hydrogen) atoms. The highest BCUT2D eigenvalue weighted by atomic mass is 127. The molecule has 2 aromatic carbocycles. The Kier molecular flexibility index (Phi) is 3.29. The molecule has 0 aliphatic heterocycles. The highest BCUT2D eigenvalue weighted by Crippen LogP contribution is 2.24. The predicted molar refractivity (Wildman–Crippen MR) is 72.7 cm³/mol. The molecule has 4 heteroatoms. The first kappa shape index (κ1) is 11.9. The van der Waals surface area contributed by atoms with Gasteiger partial charge in [0.1, 0.15) is 0 Å². The fourth-order valence-corrected chi connectivity index (χ4v) is 2.42. The van der Waals surface area contributed by atoms with Crippen molar-refractivity contribution in [1.29, 1.82) is 5.26 Å². The maximum Gasteiger partial charge on any atom is 0.337 e. The minimum atomic E-state index is -0.353. The number of ether oxygens (including phenoxy) is 1. The summed E-state index contributed by atoms with van der Waals surface area (Å²) in [5.74, 6) is -0.353. The van der Waals surface area contributed by atoms with E-state index < -0.39 is 0 Å². The van der Waals surface area contributed by atoms with Gasteiger partial charge in [0.2, 0.25) is 0 Å². The molecule has 0 bridgehead atoms. The third-order valence-electron chi connectivity index (χ3n) is 2.45. The summed E-state index contributed by atoms with van der Waals surface area (Å²) in [6, 6.07) is 11.0. The van der Waals surface area contributed by atoms with E-state index in [4.69, 9.17) is 10.00 Å². The van der Waals surface area contributed by atoms with E-state index in [1.165, 1.54) is 7.11 Å². The Morgan fingerprint density at radius 2 is 2.12 bits per heavy atom. The number of esters is 1. The van der Waals surface area contributed by atoms with Crippen LogP contribution in [0.3, 0.4) is 0 Å². The second-order valence-corrected chi connectivity index (χ2v) is 4.66. The lowest BCUT2D eigenvalue weighted by Crippen LogP contribution is -2.01. The summed E-state index contributed by atoms with van der Waals surface area (Å²) in [5, 5.41) is 10.7. The summed E-state index contributed by atoms with van der Waals surface area (Å²) >= 11 is 2.15. The maximum absolute atomic E-state index is 11.5. The summed E-state index contributed by atoms with van der Waals surface area (Å²) < 4.78 is 5.62. The molecule has 3 nitrogen and oxygen atoms in total. The fourth-order valence-electron chi connectivity index (χ4n) is 1.62. The molecule has 0 saturated carbocycles. The van der Waals surface area contributed by atoms with Crippen LogP contribution in [-0.4, -0.2) is 13.1 Å². The van der Waals surface area contributed by atoms with E-state index in [1.807, 2.05) is 12.1 Å². The molecule has 0 heterocycles. The second-order valence-electron chi connectivity index (χ2n) is 3.50. The van der Waals surface area contributed by atoms with E-state index in [-0.39, 0.29) is 5.97 Å². The lowest BCUT2D eigenvalue weighted by molar-refractivity contribution is 0.0601. The molecular formula is C13H8INO2. The van der Waals surface area contributed by atoms with Crippen molar-refractivity contribution in [2.24, 2.45) is 0 Å². The van der Waals surface area contributed by atoms with Gasteiger partial charge in [-0.15, -0.1) is 0 Å². The SMILES string of the molecule is COC(=O)c1cc(I)c2cc(C#N)ccc2c1. The first-order valence-corrected chi connectivity index (χ1v) is 5.95.